The molecular formula is C11H18N2O4. The Balaban J connectivity index is 2.66. The quantitative estimate of drug-likeness (QED) is 0.696. The van der Waals surface area contributed by atoms with Crippen LogP contribution in [-0.4, -0.2) is 32.9 Å². The molecule has 6 nitrogen and oxygen atoms in total. The number of rotatable bonds is 5. The monoisotopic (exact) mass is 242 g/mol. The largest absolute Gasteiger partial charge is 0.388 e. The van der Waals surface area contributed by atoms with Crippen LogP contribution in [0.1, 0.15) is 43.4 Å². The predicted molar refractivity (Wildman–Crippen MR) is 60.3 cm³/mol. The van der Waals surface area contributed by atoms with Gasteiger partial charge in [0.05, 0.1) is 11.6 Å². The van der Waals surface area contributed by atoms with Crippen molar-refractivity contribution >= 4 is 5.91 Å². The summed E-state index contributed by atoms with van der Waals surface area (Å²) in [6.45, 7) is 4.90. The van der Waals surface area contributed by atoms with E-state index in [1.165, 1.54) is 6.07 Å². The van der Waals surface area contributed by atoms with Crippen molar-refractivity contribution in [1.82, 2.24) is 10.5 Å². The van der Waals surface area contributed by atoms with Crippen molar-refractivity contribution in [1.29, 1.82) is 0 Å². The fraction of sp³-hybridized carbons (Fsp3) is 0.636. The molecule has 1 heterocycles. The fourth-order valence-electron chi connectivity index (χ4n) is 1.23. The van der Waals surface area contributed by atoms with Gasteiger partial charge in [-0.15, -0.1) is 0 Å². The van der Waals surface area contributed by atoms with E-state index in [2.05, 4.69) is 10.5 Å². The number of hydrogen-bond donors (Lipinski definition) is 3. The Morgan fingerprint density at radius 2 is 2.35 bits per heavy atom. The summed E-state index contributed by atoms with van der Waals surface area (Å²) in [5.74, 6) is -0.209. The zero-order chi connectivity index (χ0) is 13.1. The Kier molecular flexibility index (Phi) is 4.25. The van der Waals surface area contributed by atoms with Crippen LogP contribution in [0.25, 0.3) is 0 Å². The summed E-state index contributed by atoms with van der Waals surface area (Å²) in [5.41, 5.74) is -0.882. The summed E-state index contributed by atoms with van der Waals surface area (Å²) in [6, 6.07) is 0.956. The van der Waals surface area contributed by atoms with E-state index in [4.69, 9.17) is 9.63 Å². The van der Waals surface area contributed by atoms with E-state index in [9.17, 15) is 9.90 Å². The molecule has 6 heteroatoms. The van der Waals surface area contributed by atoms with Gasteiger partial charge in [0.15, 0.2) is 11.5 Å². The maximum Gasteiger partial charge on any atom is 0.273 e. The lowest BCUT2D eigenvalue weighted by Gasteiger charge is -2.29. The van der Waals surface area contributed by atoms with Gasteiger partial charge in [-0.25, -0.2) is 0 Å². The lowest BCUT2D eigenvalue weighted by molar-refractivity contribution is 0.0210. The summed E-state index contributed by atoms with van der Waals surface area (Å²) in [7, 11) is 0. The minimum atomic E-state index is -0.973. The van der Waals surface area contributed by atoms with Crippen molar-refractivity contribution in [3.63, 3.8) is 0 Å². The van der Waals surface area contributed by atoms with E-state index in [0.717, 1.165) is 0 Å². The average Bonchev–Trinajstić information content (AvgIpc) is 2.77. The second-order valence-electron chi connectivity index (χ2n) is 4.24. The molecule has 0 fully saturated rings. The Morgan fingerprint density at radius 1 is 1.71 bits per heavy atom. The number of carbonyl (C=O) groups excluding carboxylic acids is 1. The molecule has 17 heavy (non-hydrogen) atoms. The molecule has 0 bridgehead atoms. The van der Waals surface area contributed by atoms with E-state index in [1.54, 1.807) is 13.8 Å². The smallest absolute Gasteiger partial charge is 0.273 e. The third-order valence-electron chi connectivity index (χ3n) is 2.94. The lowest BCUT2D eigenvalue weighted by atomic mass is 9.95. The summed E-state index contributed by atoms with van der Waals surface area (Å²) in [4.78, 5) is 11.7. The Bertz CT molecular complexity index is 387. The maximum atomic E-state index is 11.7. The minimum absolute atomic E-state index is 0.0906. The number of amides is 1. The van der Waals surface area contributed by atoms with Crippen molar-refractivity contribution in [3.05, 3.63) is 17.5 Å². The molecular weight excluding hydrogens is 224 g/mol. The van der Waals surface area contributed by atoms with Crippen LogP contribution in [0.5, 0.6) is 0 Å². The Morgan fingerprint density at radius 3 is 2.82 bits per heavy atom. The molecule has 0 aliphatic carbocycles. The van der Waals surface area contributed by atoms with Gasteiger partial charge in [-0.1, -0.05) is 12.1 Å². The molecule has 0 aliphatic rings. The van der Waals surface area contributed by atoms with Crippen LogP contribution in [-0.2, 0) is 6.61 Å². The van der Waals surface area contributed by atoms with Crippen LogP contribution in [0, 0.1) is 0 Å². The molecule has 0 aliphatic heterocycles. The normalized spacial score (nSPS) is 16.3. The minimum Gasteiger partial charge on any atom is -0.388 e. The highest BCUT2D eigenvalue weighted by Gasteiger charge is 2.28. The van der Waals surface area contributed by atoms with E-state index < -0.39 is 17.6 Å². The van der Waals surface area contributed by atoms with Gasteiger partial charge in [-0.2, -0.15) is 0 Å². The van der Waals surface area contributed by atoms with E-state index in [0.29, 0.717) is 6.42 Å². The third-order valence-corrected chi connectivity index (χ3v) is 2.94. The van der Waals surface area contributed by atoms with Crippen molar-refractivity contribution in [3.8, 4) is 0 Å². The summed E-state index contributed by atoms with van der Waals surface area (Å²) >= 11 is 0. The van der Waals surface area contributed by atoms with Gasteiger partial charge >= 0.3 is 0 Å². The SMILES string of the molecule is CCC(C)(O)C(C)NC(=O)c1cc(CO)on1. The highest BCUT2D eigenvalue weighted by molar-refractivity contribution is 5.92. The second-order valence-corrected chi connectivity index (χ2v) is 4.24. The third kappa shape index (κ3) is 3.28. The lowest BCUT2D eigenvalue weighted by Crippen LogP contribution is -2.48. The van der Waals surface area contributed by atoms with Crippen molar-refractivity contribution < 1.29 is 19.5 Å². The predicted octanol–water partition coefficient (Wildman–Crippen LogP) is 0.446. The highest BCUT2D eigenvalue weighted by Crippen LogP contribution is 2.14. The fourth-order valence-corrected chi connectivity index (χ4v) is 1.23. The topological polar surface area (TPSA) is 95.6 Å². The zero-order valence-electron chi connectivity index (χ0n) is 10.2. The molecule has 3 N–H and O–H groups in total. The molecule has 1 rings (SSSR count). The Hall–Kier alpha value is -1.40. The van der Waals surface area contributed by atoms with Crippen molar-refractivity contribution in [2.75, 3.05) is 0 Å². The molecule has 96 valence electrons. The van der Waals surface area contributed by atoms with Crippen LogP contribution >= 0.6 is 0 Å². The van der Waals surface area contributed by atoms with Crippen LogP contribution in [0.15, 0.2) is 10.6 Å². The molecule has 0 radical (unpaired) electrons. The first-order chi connectivity index (χ1) is 7.90. The van der Waals surface area contributed by atoms with Crippen LogP contribution in [0.4, 0.5) is 0 Å². The second kappa shape index (κ2) is 5.29. The van der Waals surface area contributed by atoms with E-state index >= 15 is 0 Å². The zero-order valence-corrected chi connectivity index (χ0v) is 10.2. The number of hydrogen-bond acceptors (Lipinski definition) is 5. The molecule has 0 saturated carbocycles. The van der Waals surface area contributed by atoms with Gasteiger partial charge in [0.2, 0.25) is 0 Å². The van der Waals surface area contributed by atoms with Crippen LogP contribution < -0.4 is 5.32 Å². The van der Waals surface area contributed by atoms with Gasteiger partial charge in [0.1, 0.15) is 6.61 Å². The van der Waals surface area contributed by atoms with Crippen molar-refractivity contribution in [2.24, 2.45) is 0 Å². The van der Waals surface area contributed by atoms with E-state index in [1.807, 2.05) is 6.92 Å². The first-order valence-electron chi connectivity index (χ1n) is 5.50. The highest BCUT2D eigenvalue weighted by atomic mass is 16.5. The van der Waals surface area contributed by atoms with Crippen LogP contribution in [0.3, 0.4) is 0 Å². The summed E-state index contributed by atoms with van der Waals surface area (Å²) in [6.07, 6.45) is 0.523. The maximum absolute atomic E-state index is 11.7. The number of aliphatic hydroxyl groups excluding tert-OH is 1. The standard InChI is InChI=1S/C11H18N2O4/c1-4-11(3,16)7(2)12-10(15)9-5-8(6-14)17-13-9/h5,7,14,16H,4,6H2,1-3H3,(H,12,15). The number of nitrogens with one attached hydrogen (secondary N) is 1. The first-order valence-corrected chi connectivity index (χ1v) is 5.50. The van der Waals surface area contributed by atoms with Crippen LogP contribution in [0.2, 0.25) is 0 Å². The van der Waals surface area contributed by atoms with Gasteiger partial charge < -0.3 is 20.1 Å². The molecule has 0 spiro atoms. The van der Waals surface area contributed by atoms with Crippen molar-refractivity contribution in [2.45, 2.75) is 45.4 Å². The molecule has 2 unspecified atom stereocenters. The summed E-state index contributed by atoms with van der Waals surface area (Å²) < 4.78 is 4.71. The van der Waals surface area contributed by atoms with E-state index in [-0.39, 0.29) is 18.1 Å². The summed E-state index contributed by atoms with van der Waals surface area (Å²) in [5, 5.41) is 24.9. The molecule has 0 aromatic carbocycles. The number of nitrogens with zero attached hydrogens (tertiary/aromatic N) is 1. The van der Waals surface area contributed by atoms with Gasteiger partial charge in [-0.3, -0.25) is 4.79 Å². The number of carbonyl (C=O) groups is 1. The molecule has 1 aromatic heterocycles. The number of aromatic nitrogens is 1. The van der Waals surface area contributed by atoms with Gasteiger partial charge in [-0.05, 0) is 20.3 Å². The molecule has 0 saturated heterocycles. The average molecular weight is 242 g/mol. The first kappa shape index (κ1) is 13.7. The molecule has 2 atom stereocenters. The molecule has 1 amide bonds. The molecule has 1 aromatic rings. The Labute approximate surface area is 99.6 Å². The van der Waals surface area contributed by atoms with Gasteiger partial charge in [0.25, 0.3) is 5.91 Å². The number of aliphatic hydroxyl groups is 2. The van der Waals surface area contributed by atoms with Gasteiger partial charge in [0, 0.05) is 6.07 Å².